The van der Waals surface area contributed by atoms with E-state index in [0.717, 1.165) is 0 Å². The maximum absolute atomic E-state index is 13.0. The first-order valence-electron chi connectivity index (χ1n) is 11.2. The number of benzene rings is 3. The lowest BCUT2D eigenvalue weighted by Crippen LogP contribution is -2.19. The molecule has 6 N–H and O–H groups in total. The first-order valence-corrected chi connectivity index (χ1v) is 11.2. The number of carbonyl (C=O) groups is 3. The van der Waals surface area contributed by atoms with Crippen LogP contribution in [0.15, 0.2) is 89.8 Å². The van der Waals surface area contributed by atoms with Gasteiger partial charge in [0.2, 0.25) is 0 Å². The highest BCUT2D eigenvalue weighted by Gasteiger charge is 2.25. The van der Waals surface area contributed by atoms with Crippen LogP contribution < -0.4 is 26.6 Å². The van der Waals surface area contributed by atoms with E-state index in [9.17, 15) is 18.8 Å². The van der Waals surface area contributed by atoms with E-state index in [-0.39, 0.29) is 18.0 Å². The van der Waals surface area contributed by atoms with Crippen molar-refractivity contribution in [3.05, 3.63) is 101 Å². The normalized spacial score (nSPS) is 13.6. The standard InChI is InChI=1S/C27H20FN5O4/c28-16-4-6-17(7-5-16)31-27(37)32-19-3-1-2-18(11-19)30-20-8-9-22-23(25(34)33-24(22)13-20)12-21-10-15(14-29-21)26(35)36/h1-11,13,29-30H,14H2,(H,33,34)(H,35,36)(H2,31,32,37). The van der Waals surface area contributed by atoms with Crippen molar-refractivity contribution in [2.75, 3.05) is 27.8 Å². The van der Waals surface area contributed by atoms with Gasteiger partial charge in [-0.25, -0.2) is 14.0 Å². The van der Waals surface area contributed by atoms with Crippen molar-refractivity contribution in [2.24, 2.45) is 0 Å². The van der Waals surface area contributed by atoms with E-state index < -0.39 is 17.8 Å². The summed E-state index contributed by atoms with van der Waals surface area (Å²) in [5.41, 5.74) is 7.55. The molecule has 0 atom stereocenters. The molecule has 0 bridgehead atoms. The van der Waals surface area contributed by atoms with Crippen molar-refractivity contribution in [1.82, 2.24) is 5.32 Å². The van der Waals surface area contributed by atoms with E-state index in [1.807, 2.05) is 6.07 Å². The van der Waals surface area contributed by atoms with Crippen LogP contribution in [0.4, 0.5) is 37.6 Å². The second kappa shape index (κ2) is 9.73. The molecule has 5 rings (SSSR count). The van der Waals surface area contributed by atoms with Gasteiger partial charge in [-0.05, 0) is 66.7 Å². The molecule has 9 nitrogen and oxygen atoms in total. The van der Waals surface area contributed by atoms with Crippen LogP contribution in [0.1, 0.15) is 5.56 Å². The summed E-state index contributed by atoms with van der Waals surface area (Å²) in [5.74, 6) is -1.75. The number of halogens is 1. The van der Waals surface area contributed by atoms with Gasteiger partial charge < -0.3 is 31.7 Å². The van der Waals surface area contributed by atoms with Crippen LogP contribution in [0.2, 0.25) is 0 Å². The summed E-state index contributed by atoms with van der Waals surface area (Å²) in [6.07, 6.45) is 1.46. The molecule has 2 heterocycles. The monoisotopic (exact) mass is 497 g/mol. The number of amides is 3. The van der Waals surface area contributed by atoms with Crippen molar-refractivity contribution in [1.29, 1.82) is 0 Å². The zero-order valence-electron chi connectivity index (χ0n) is 19.2. The van der Waals surface area contributed by atoms with E-state index in [1.165, 1.54) is 30.3 Å². The second-order valence-electron chi connectivity index (χ2n) is 8.25. The van der Waals surface area contributed by atoms with Gasteiger partial charge in [0, 0.05) is 34.9 Å². The number of carboxylic acids is 1. The Morgan fingerprint density at radius 2 is 1.62 bits per heavy atom. The number of carboxylic acid groups (broad SMARTS) is 1. The molecule has 184 valence electrons. The molecule has 0 saturated heterocycles. The molecule has 0 radical (unpaired) electrons. The minimum atomic E-state index is -1.02. The molecule has 3 aromatic rings. The second-order valence-corrected chi connectivity index (χ2v) is 8.25. The molecule has 0 saturated carbocycles. The Morgan fingerprint density at radius 3 is 2.38 bits per heavy atom. The van der Waals surface area contributed by atoms with Crippen LogP contribution >= 0.6 is 0 Å². The van der Waals surface area contributed by atoms with Gasteiger partial charge >= 0.3 is 12.0 Å². The lowest BCUT2D eigenvalue weighted by Gasteiger charge is -2.11. The molecule has 3 amide bonds. The van der Waals surface area contributed by atoms with E-state index in [4.69, 9.17) is 5.11 Å². The van der Waals surface area contributed by atoms with Crippen LogP contribution in [-0.4, -0.2) is 29.6 Å². The van der Waals surface area contributed by atoms with E-state index in [2.05, 4.69) is 32.3 Å². The Labute approximate surface area is 210 Å². The largest absolute Gasteiger partial charge is 0.478 e. The molecule has 0 aliphatic carbocycles. The van der Waals surface area contributed by atoms with E-state index in [0.29, 0.717) is 45.3 Å². The van der Waals surface area contributed by atoms with Gasteiger partial charge in [-0.15, -0.1) is 0 Å². The zero-order valence-corrected chi connectivity index (χ0v) is 19.2. The Kier molecular flexibility index (Phi) is 6.15. The van der Waals surface area contributed by atoms with Gasteiger partial charge in [0.05, 0.1) is 22.5 Å². The third-order valence-corrected chi connectivity index (χ3v) is 5.60. The van der Waals surface area contributed by atoms with Crippen LogP contribution in [-0.2, 0) is 9.59 Å². The summed E-state index contributed by atoms with van der Waals surface area (Å²) in [5, 5.41) is 23.4. The number of anilines is 5. The van der Waals surface area contributed by atoms with Gasteiger partial charge in [0.25, 0.3) is 5.91 Å². The van der Waals surface area contributed by atoms with Crippen LogP contribution in [0.25, 0.3) is 5.57 Å². The minimum absolute atomic E-state index is 0.171. The SMILES string of the molecule is O=C(Nc1ccc(F)cc1)Nc1cccc(Nc2ccc3c(c2)NC(=O)C3=C=C2C=C(C(=O)O)CN2)c1. The Bertz CT molecular complexity index is 1540. The molecule has 3 aromatic carbocycles. The highest BCUT2D eigenvalue weighted by molar-refractivity contribution is 6.31. The highest BCUT2D eigenvalue weighted by atomic mass is 19.1. The number of urea groups is 1. The van der Waals surface area contributed by atoms with Crippen molar-refractivity contribution < 1.29 is 23.9 Å². The number of aliphatic carboxylic acids is 1. The summed E-state index contributed by atoms with van der Waals surface area (Å²) in [4.78, 5) is 35.9. The summed E-state index contributed by atoms with van der Waals surface area (Å²) in [6, 6.07) is 17.4. The van der Waals surface area contributed by atoms with Gasteiger partial charge in [0.15, 0.2) is 0 Å². The van der Waals surface area contributed by atoms with Gasteiger partial charge in [0.1, 0.15) is 5.82 Å². The Balaban J connectivity index is 1.30. The van der Waals surface area contributed by atoms with Crippen LogP contribution in [0.5, 0.6) is 0 Å². The number of nitrogens with one attached hydrogen (secondary N) is 5. The number of carbonyl (C=O) groups excluding carboxylic acids is 2. The molecule has 0 unspecified atom stereocenters. The summed E-state index contributed by atoms with van der Waals surface area (Å²) in [6.45, 7) is 0.171. The van der Waals surface area contributed by atoms with Crippen LogP contribution in [0, 0.1) is 5.82 Å². The number of rotatable bonds is 5. The minimum Gasteiger partial charge on any atom is -0.478 e. The molecular weight excluding hydrogens is 477 g/mol. The number of hydrogen-bond donors (Lipinski definition) is 6. The fraction of sp³-hybridized carbons (Fsp3) is 0.0370. The fourth-order valence-corrected chi connectivity index (χ4v) is 3.86. The van der Waals surface area contributed by atoms with Crippen molar-refractivity contribution >= 4 is 51.9 Å². The summed E-state index contributed by atoms with van der Waals surface area (Å²) in [7, 11) is 0. The summed E-state index contributed by atoms with van der Waals surface area (Å²) >= 11 is 0. The first-order chi connectivity index (χ1) is 17.8. The van der Waals surface area contributed by atoms with Crippen molar-refractivity contribution in [3.63, 3.8) is 0 Å². The van der Waals surface area contributed by atoms with Gasteiger partial charge in [-0.2, -0.15) is 0 Å². The maximum Gasteiger partial charge on any atom is 0.333 e. The van der Waals surface area contributed by atoms with Crippen LogP contribution in [0.3, 0.4) is 0 Å². The molecular formula is C27H20FN5O4. The lowest BCUT2D eigenvalue weighted by atomic mass is 10.1. The average Bonchev–Trinajstić information content (AvgIpc) is 3.45. The lowest BCUT2D eigenvalue weighted by molar-refractivity contribution is -0.132. The van der Waals surface area contributed by atoms with Gasteiger partial charge in [-0.1, -0.05) is 11.8 Å². The predicted molar refractivity (Wildman–Crippen MR) is 138 cm³/mol. The first kappa shape index (κ1) is 23.4. The fourth-order valence-electron chi connectivity index (χ4n) is 3.86. The Hall–Kier alpha value is -5.34. The molecule has 10 heteroatoms. The number of hydrogen-bond acceptors (Lipinski definition) is 5. The molecule has 0 fully saturated rings. The molecule has 0 aromatic heterocycles. The van der Waals surface area contributed by atoms with Gasteiger partial charge in [-0.3, -0.25) is 4.79 Å². The third kappa shape index (κ3) is 5.34. The molecule has 0 spiro atoms. The number of fused-ring (bicyclic) bond motifs is 1. The maximum atomic E-state index is 13.0. The van der Waals surface area contributed by atoms with Crippen molar-refractivity contribution in [2.45, 2.75) is 0 Å². The highest BCUT2D eigenvalue weighted by Crippen LogP contribution is 2.34. The quantitative estimate of drug-likeness (QED) is 0.225. The summed E-state index contributed by atoms with van der Waals surface area (Å²) < 4.78 is 13.0. The topological polar surface area (TPSA) is 132 Å². The molecule has 2 aliphatic heterocycles. The zero-order chi connectivity index (χ0) is 25.9. The Morgan fingerprint density at radius 1 is 0.919 bits per heavy atom. The molecule has 2 aliphatic rings. The third-order valence-electron chi connectivity index (χ3n) is 5.60. The molecule has 37 heavy (non-hydrogen) atoms. The van der Waals surface area contributed by atoms with E-state index in [1.54, 1.807) is 36.4 Å². The average molecular weight is 497 g/mol. The van der Waals surface area contributed by atoms with Crippen molar-refractivity contribution in [3.8, 4) is 0 Å². The smallest absolute Gasteiger partial charge is 0.333 e. The van der Waals surface area contributed by atoms with E-state index >= 15 is 0 Å². The predicted octanol–water partition coefficient (Wildman–Crippen LogP) is 4.65.